The maximum absolute atomic E-state index is 11.3. The summed E-state index contributed by atoms with van der Waals surface area (Å²) in [5.74, 6) is -0.785. The normalized spacial score (nSPS) is 14.6. The molecule has 0 saturated heterocycles. The molecule has 0 amide bonds. The summed E-state index contributed by atoms with van der Waals surface area (Å²) < 4.78 is 0. The number of carbonyl (C=O) groups is 1. The Morgan fingerprint density at radius 3 is 2.33 bits per heavy atom. The average molecular weight is 227 g/mol. The predicted molar refractivity (Wildman–Crippen MR) is 61.3 cm³/mol. The summed E-state index contributed by atoms with van der Waals surface area (Å²) in [5, 5.41) is 9.88. The second-order valence-electron chi connectivity index (χ2n) is 3.89. The summed E-state index contributed by atoms with van der Waals surface area (Å²) in [6, 6.07) is 7.03. The van der Waals surface area contributed by atoms with E-state index >= 15 is 0 Å². The second kappa shape index (κ2) is 4.67. The van der Waals surface area contributed by atoms with Crippen molar-refractivity contribution in [2.75, 3.05) is 0 Å². The van der Waals surface area contributed by atoms with E-state index in [1.54, 1.807) is 31.2 Å². The number of benzene rings is 1. The third kappa shape index (κ3) is 2.51. The zero-order chi connectivity index (χ0) is 11.5. The Labute approximate surface area is 94.9 Å². The highest BCUT2D eigenvalue weighted by molar-refractivity contribution is 6.30. The molecule has 0 bridgehead atoms. The third-order valence-electron chi connectivity index (χ3n) is 2.70. The second-order valence-corrected chi connectivity index (χ2v) is 4.33. The fourth-order valence-corrected chi connectivity index (χ4v) is 1.82. The van der Waals surface area contributed by atoms with Crippen LogP contribution in [0.15, 0.2) is 24.3 Å². The highest BCUT2D eigenvalue weighted by Crippen LogP contribution is 2.30. The fourth-order valence-electron chi connectivity index (χ4n) is 1.69. The molecule has 1 rings (SSSR count). The molecule has 1 N–H and O–H groups in total. The van der Waals surface area contributed by atoms with Gasteiger partial charge in [-0.25, -0.2) is 0 Å². The van der Waals surface area contributed by atoms with Gasteiger partial charge in [0.2, 0.25) is 0 Å². The van der Waals surface area contributed by atoms with Gasteiger partial charge in [-0.15, -0.1) is 0 Å². The van der Waals surface area contributed by atoms with Crippen LogP contribution in [0.4, 0.5) is 0 Å². The quantitative estimate of drug-likeness (QED) is 0.854. The van der Waals surface area contributed by atoms with E-state index in [-0.39, 0.29) is 0 Å². The van der Waals surface area contributed by atoms with E-state index in [1.807, 2.05) is 6.92 Å². The van der Waals surface area contributed by atoms with Crippen LogP contribution in [-0.2, 0) is 10.2 Å². The SMILES string of the molecule is CCCC(C)(C(=O)O)c1ccc(Cl)cc1. The fraction of sp³-hybridized carbons (Fsp3) is 0.417. The van der Waals surface area contributed by atoms with Crippen LogP contribution in [0, 0.1) is 0 Å². The summed E-state index contributed by atoms with van der Waals surface area (Å²) >= 11 is 5.77. The molecule has 0 fully saturated rings. The first kappa shape index (κ1) is 12.1. The molecule has 2 nitrogen and oxygen atoms in total. The number of carboxylic acids is 1. The first-order valence-electron chi connectivity index (χ1n) is 5.00. The molecular formula is C12H15ClO2. The monoisotopic (exact) mass is 226 g/mol. The molecule has 15 heavy (non-hydrogen) atoms. The molecular weight excluding hydrogens is 212 g/mol. The van der Waals surface area contributed by atoms with Gasteiger partial charge in [0, 0.05) is 5.02 Å². The summed E-state index contributed by atoms with van der Waals surface area (Å²) in [6.07, 6.45) is 1.47. The Balaban J connectivity index is 3.09. The van der Waals surface area contributed by atoms with E-state index in [9.17, 15) is 9.90 Å². The van der Waals surface area contributed by atoms with Crippen molar-refractivity contribution in [2.45, 2.75) is 32.1 Å². The van der Waals surface area contributed by atoms with Crippen LogP contribution in [0.1, 0.15) is 32.3 Å². The molecule has 1 aromatic carbocycles. The lowest BCUT2D eigenvalue weighted by atomic mass is 9.79. The summed E-state index contributed by atoms with van der Waals surface area (Å²) in [4.78, 5) is 11.3. The van der Waals surface area contributed by atoms with Gasteiger partial charge in [0.05, 0.1) is 5.41 Å². The van der Waals surface area contributed by atoms with Crippen molar-refractivity contribution < 1.29 is 9.90 Å². The summed E-state index contributed by atoms with van der Waals surface area (Å²) in [5.41, 5.74) is 0.000502. The van der Waals surface area contributed by atoms with Gasteiger partial charge in [0.25, 0.3) is 0 Å². The standard InChI is InChI=1S/C12H15ClO2/c1-3-8-12(2,11(14)15)9-4-6-10(13)7-5-9/h4-7H,3,8H2,1-2H3,(H,14,15). The molecule has 0 aromatic heterocycles. The van der Waals surface area contributed by atoms with E-state index in [2.05, 4.69) is 0 Å². The van der Waals surface area contributed by atoms with E-state index < -0.39 is 11.4 Å². The number of hydrogen-bond acceptors (Lipinski definition) is 1. The lowest BCUT2D eigenvalue weighted by Gasteiger charge is -2.24. The van der Waals surface area contributed by atoms with Crippen LogP contribution in [0.2, 0.25) is 5.02 Å². The van der Waals surface area contributed by atoms with Crippen molar-refractivity contribution in [3.8, 4) is 0 Å². The molecule has 1 aromatic rings. The molecule has 0 heterocycles. The minimum atomic E-state index is -0.806. The topological polar surface area (TPSA) is 37.3 Å². The molecule has 0 saturated carbocycles. The molecule has 1 unspecified atom stereocenters. The molecule has 0 aliphatic carbocycles. The van der Waals surface area contributed by atoms with Crippen molar-refractivity contribution in [3.05, 3.63) is 34.9 Å². The molecule has 1 atom stereocenters. The lowest BCUT2D eigenvalue weighted by Crippen LogP contribution is -2.32. The first-order valence-corrected chi connectivity index (χ1v) is 5.38. The number of aliphatic carboxylic acids is 1. The van der Waals surface area contributed by atoms with Gasteiger partial charge < -0.3 is 5.11 Å². The Morgan fingerprint density at radius 1 is 1.40 bits per heavy atom. The number of halogens is 1. The van der Waals surface area contributed by atoms with Crippen LogP contribution in [0.3, 0.4) is 0 Å². The number of carboxylic acid groups (broad SMARTS) is 1. The van der Waals surface area contributed by atoms with Gasteiger partial charge in [0.1, 0.15) is 0 Å². The largest absolute Gasteiger partial charge is 0.481 e. The van der Waals surface area contributed by atoms with Crippen molar-refractivity contribution in [1.29, 1.82) is 0 Å². The van der Waals surface area contributed by atoms with Gasteiger partial charge >= 0.3 is 5.97 Å². The Hall–Kier alpha value is -1.02. The van der Waals surface area contributed by atoms with Crippen LogP contribution in [-0.4, -0.2) is 11.1 Å². The zero-order valence-electron chi connectivity index (χ0n) is 8.96. The van der Waals surface area contributed by atoms with Gasteiger partial charge in [-0.3, -0.25) is 4.79 Å². The molecule has 0 radical (unpaired) electrons. The molecule has 0 aliphatic rings. The van der Waals surface area contributed by atoms with Crippen molar-refractivity contribution in [1.82, 2.24) is 0 Å². The van der Waals surface area contributed by atoms with Crippen LogP contribution in [0.25, 0.3) is 0 Å². The van der Waals surface area contributed by atoms with E-state index in [0.29, 0.717) is 11.4 Å². The average Bonchev–Trinajstić information content (AvgIpc) is 2.18. The van der Waals surface area contributed by atoms with E-state index in [0.717, 1.165) is 12.0 Å². The smallest absolute Gasteiger partial charge is 0.313 e. The van der Waals surface area contributed by atoms with Gasteiger partial charge in [-0.05, 0) is 31.0 Å². The molecule has 0 aliphatic heterocycles. The highest BCUT2D eigenvalue weighted by Gasteiger charge is 2.33. The van der Waals surface area contributed by atoms with Crippen LogP contribution < -0.4 is 0 Å². The highest BCUT2D eigenvalue weighted by atomic mass is 35.5. The van der Waals surface area contributed by atoms with Gasteiger partial charge in [-0.1, -0.05) is 37.1 Å². The first-order chi connectivity index (χ1) is 7.00. The van der Waals surface area contributed by atoms with E-state index in [4.69, 9.17) is 11.6 Å². The van der Waals surface area contributed by atoms with Crippen molar-refractivity contribution in [3.63, 3.8) is 0 Å². The third-order valence-corrected chi connectivity index (χ3v) is 2.96. The summed E-state index contributed by atoms with van der Waals surface area (Å²) in [6.45, 7) is 3.74. The number of rotatable bonds is 4. The van der Waals surface area contributed by atoms with Crippen molar-refractivity contribution >= 4 is 17.6 Å². The van der Waals surface area contributed by atoms with Crippen molar-refractivity contribution in [2.24, 2.45) is 0 Å². The predicted octanol–water partition coefficient (Wildman–Crippen LogP) is 3.48. The molecule has 0 spiro atoms. The zero-order valence-corrected chi connectivity index (χ0v) is 9.71. The lowest BCUT2D eigenvalue weighted by molar-refractivity contribution is -0.143. The molecule has 82 valence electrons. The van der Waals surface area contributed by atoms with Crippen LogP contribution >= 0.6 is 11.6 Å². The van der Waals surface area contributed by atoms with Crippen LogP contribution in [0.5, 0.6) is 0 Å². The van der Waals surface area contributed by atoms with Gasteiger partial charge in [-0.2, -0.15) is 0 Å². The van der Waals surface area contributed by atoms with Gasteiger partial charge in [0.15, 0.2) is 0 Å². The number of hydrogen-bond donors (Lipinski definition) is 1. The minimum absolute atomic E-state index is 0.628. The Bertz CT molecular complexity index is 345. The maximum Gasteiger partial charge on any atom is 0.313 e. The Morgan fingerprint density at radius 2 is 1.93 bits per heavy atom. The minimum Gasteiger partial charge on any atom is -0.481 e. The summed E-state index contributed by atoms with van der Waals surface area (Å²) in [7, 11) is 0. The molecule has 3 heteroatoms. The maximum atomic E-state index is 11.3. The Kier molecular flexibility index (Phi) is 3.75. The van der Waals surface area contributed by atoms with E-state index in [1.165, 1.54) is 0 Å².